The Morgan fingerprint density at radius 3 is 1.08 bits per heavy atom. The van der Waals surface area contributed by atoms with Crippen LogP contribution in [0.25, 0.3) is 0 Å². The van der Waals surface area contributed by atoms with Crippen molar-refractivity contribution in [3.63, 3.8) is 0 Å². The van der Waals surface area contributed by atoms with Gasteiger partial charge in [-0.15, -0.1) is 0 Å². The lowest BCUT2D eigenvalue weighted by Gasteiger charge is -2.26. The van der Waals surface area contributed by atoms with Crippen molar-refractivity contribution < 1.29 is 40.5 Å². The Balaban J connectivity index is 0. The number of hydrogen-bond donors (Lipinski definition) is 0. The van der Waals surface area contributed by atoms with Crippen molar-refractivity contribution in [2.24, 2.45) is 0 Å². The normalized spacial score (nSPS) is 11.9. The predicted molar refractivity (Wildman–Crippen MR) is 202 cm³/mol. The maximum atomic E-state index is 12.6. The summed E-state index contributed by atoms with van der Waals surface area (Å²) in [6.45, 7) is 5.30. The number of allylic oxidation sites excluding steroid dienone is 4. The van der Waals surface area contributed by atoms with Crippen LogP contribution in [0.2, 0.25) is 0 Å². The van der Waals surface area contributed by atoms with Gasteiger partial charge in [0, 0.05) is 12.8 Å². The van der Waals surface area contributed by atoms with Gasteiger partial charge in [0.25, 0.3) is 6.29 Å². The summed E-state index contributed by atoms with van der Waals surface area (Å²) in [6, 6.07) is 0. The minimum absolute atomic E-state index is 0. The maximum Gasteiger partial charge on any atom is 0.308 e. The summed E-state index contributed by atoms with van der Waals surface area (Å²) in [5.41, 5.74) is 0. The second-order valence-corrected chi connectivity index (χ2v) is 14.9. The van der Waals surface area contributed by atoms with Crippen LogP contribution in [0.5, 0.6) is 0 Å². The van der Waals surface area contributed by atoms with E-state index in [-0.39, 0.29) is 28.9 Å². The fourth-order valence-electron chi connectivity index (χ4n) is 5.73. The second kappa shape index (κ2) is 37.1. The molecular formula is C42H80BrNO4. The molecule has 0 aromatic rings. The van der Waals surface area contributed by atoms with Gasteiger partial charge in [0.2, 0.25) is 0 Å². The molecule has 6 heteroatoms. The quantitative estimate of drug-likeness (QED) is 0.0214. The molecule has 5 nitrogen and oxygen atoms in total. The molecule has 0 rings (SSSR count). The monoisotopic (exact) mass is 742 g/mol. The van der Waals surface area contributed by atoms with E-state index in [0.717, 1.165) is 62.4 Å². The van der Waals surface area contributed by atoms with Gasteiger partial charge in [-0.1, -0.05) is 141 Å². The van der Waals surface area contributed by atoms with Crippen molar-refractivity contribution in [3.05, 3.63) is 24.3 Å². The molecule has 284 valence electrons. The molecule has 0 saturated carbocycles. The van der Waals surface area contributed by atoms with Gasteiger partial charge < -0.3 is 30.9 Å². The molecule has 0 atom stereocenters. The zero-order valence-corrected chi connectivity index (χ0v) is 34.1. The van der Waals surface area contributed by atoms with E-state index in [9.17, 15) is 9.59 Å². The number of quaternary nitrogens is 1. The third-order valence-corrected chi connectivity index (χ3v) is 8.85. The highest BCUT2D eigenvalue weighted by molar-refractivity contribution is 5.71. The van der Waals surface area contributed by atoms with Crippen molar-refractivity contribution in [2.45, 2.75) is 206 Å². The number of rotatable bonds is 35. The number of esters is 2. The molecule has 0 amide bonds. The molecule has 0 spiro atoms. The maximum absolute atomic E-state index is 12.6. The van der Waals surface area contributed by atoms with Crippen LogP contribution in [0.4, 0.5) is 0 Å². The van der Waals surface area contributed by atoms with Crippen LogP contribution in [0.3, 0.4) is 0 Å². The molecular weight excluding hydrogens is 662 g/mol. The molecule has 0 N–H and O–H groups in total. The van der Waals surface area contributed by atoms with E-state index in [2.05, 4.69) is 59.3 Å². The molecule has 48 heavy (non-hydrogen) atoms. The standard InChI is InChI=1S/C42H80NO4.BrH/c1-6-8-10-12-14-16-18-20-22-24-26-28-30-32-34-36-40(44)46-42(38-39-43(3,4)5)47-41(45)37-35-33-31-29-27-25-23-21-19-17-15-13-11-9-7-2;/h20-23,42H,6-19,24-39H2,1-5H3;1H/q+1;/p-1/b22-20-,23-21-;. The van der Waals surface area contributed by atoms with E-state index in [0.29, 0.717) is 19.3 Å². The summed E-state index contributed by atoms with van der Waals surface area (Å²) >= 11 is 0. The van der Waals surface area contributed by atoms with Gasteiger partial charge in [-0.25, -0.2) is 0 Å². The fourth-order valence-corrected chi connectivity index (χ4v) is 5.73. The summed E-state index contributed by atoms with van der Waals surface area (Å²) in [6.07, 6.45) is 41.9. The van der Waals surface area contributed by atoms with Gasteiger partial charge in [-0.3, -0.25) is 9.59 Å². The lowest BCUT2D eigenvalue weighted by Crippen LogP contribution is -3.00. The molecule has 0 bridgehead atoms. The Kier molecular flexibility index (Phi) is 37.9. The molecule has 0 fully saturated rings. The number of halogens is 1. The number of ether oxygens (including phenoxy) is 2. The molecule has 0 radical (unpaired) electrons. The smallest absolute Gasteiger partial charge is 0.308 e. The SMILES string of the molecule is CCCCCCCC/C=C\CCCCCCCC(=O)OC(CC[N+](C)(C)C)OC(=O)CCCCCCC/C=C\CCCCCCCC.[Br-]. The van der Waals surface area contributed by atoms with Crippen molar-refractivity contribution in [1.82, 2.24) is 0 Å². The van der Waals surface area contributed by atoms with Crippen molar-refractivity contribution >= 4 is 11.9 Å². The predicted octanol–water partition coefficient (Wildman–Crippen LogP) is 9.57. The summed E-state index contributed by atoms with van der Waals surface area (Å²) in [7, 11) is 6.28. The van der Waals surface area contributed by atoms with Crippen molar-refractivity contribution in [3.8, 4) is 0 Å². The van der Waals surface area contributed by atoms with Crippen LogP contribution in [0.15, 0.2) is 24.3 Å². The number of nitrogens with zero attached hydrogens (tertiary/aromatic N) is 1. The summed E-state index contributed by atoms with van der Waals surface area (Å²) in [5, 5.41) is 0. The first-order chi connectivity index (χ1) is 22.8. The van der Waals surface area contributed by atoms with Crippen LogP contribution < -0.4 is 17.0 Å². The van der Waals surface area contributed by atoms with Gasteiger partial charge in [-0.05, 0) is 64.2 Å². The van der Waals surface area contributed by atoms with Gasteiger partial charge >= 0.3 is 11.9 Å². The molecule has 0 unspecified atom stereocenters. The summed E-state index contributed by atoms with van der Waals surface area (Å²) < 4.78 is 12.0. The molecule has 0 heterocycles. The zero-order chi connectivity index (χ0) is 34.7. The Bertz CT molecular complexity index is 707. The minimum Gasteiger partial charge on any atom is -1.00 e. The largest absolute Gasteiger partial charge is 1.00 e. The van der Waals surface area contributed by atoms with Crippen LogP contribution >= 0.6 is 0 Å². The van der Waals surface area contributed by atoms with E-state index in [1.54, 1.807) is 0 Å². The Morgan fingerprint density at radius 1 is 0.479 bits per heavy atom. The van der Waals surface area contributed by atoms with Gasteiger partial charge in [0.15, 0.2) is 0 Å². The number of unbranched alkanes of at least 4 members (excludes halogenated alkanes) is 22. The Hall–Kier alpha value is -1.14. The average Bonchev–Trinajstić information content (AvgIpc) is 3.03. The molecule has 0 aliphatic rings. The zero-order valence-electron chi connectivity index (χ0n) is 32.6. The topological polar surface area (TPSA) is 52.6 Å². The molecule has 0 aliphatic carbocycles. The van der Waals surface area contributed by atoms with Crippen LogP contribution in [-0.4, -0.2) is 50.4 Å². The minimum atomic E-state index is -0.779. The number of carbonyl (C=O) groups excluding carboxylic acids is 2. The van der Waals surface area contributed by atoms with Crippen molar-refractivity contribution in [2.75, 3.05) is 27.7 Å². The fraction of sp³-hybridized carbons (Fsp3) is 0.857. The first-order valence-electron chi connectivity index (χ1n) is 20.3. The third-order valence-electron chi connectivity index (χ3n) is 8.85. The molecule has 0 aromatic heterocycles. The summed E-state index contributed by atoms with van der Waals surface area (Å²) in [5.74, 6) is -0.495. The average molecular weight is 743 g/mol. The first-order valence-corrected chi connectivity index (χ1v) is 20.3. The van der Waals surface area contributed by atoms with E-state index in [4.69, 9.17) is 9.47 Å². The van der Waals surface area contributed by atoms with Gasteiger partial charge in [0.1, 0.15) is 0 Å². The third kappa shape index (κ3) is 39.3. The van der Waals surface area contributed by atoms with Crippen LogP contribution in [0.1, 0.15) is 200 Å². The molecule has 0 aliphatic heterocycles. The lowest BCUT2D eigenvalue weighted by molar-refractivity contribution is -0.871. The number of hydrogen-bond acceptors (Lipinski definition) is 4. The number of carbonyl (C=O) groups is 2. The lowest BCUT2D eigenvalue weighted by atomic mass is 10.1. The van der Waals surface area contributed by atoms with Crippen molar-refractivity contribution in [1.29, 1.82) is 0 Å². The highest BCUT2D eigenvalue weighted by Crippen LogP contribution is 2.15. The van der Waals surface area contributed by atoms with E-state index in [1.165, 1.54) is 116 Å². The van der Waals surface area contributed by atoms with E-state index in [1.807, 2.05) is 0 Å². The molecule has 0 saturated heterocycles. The van der Waals surface area contributed by atoms with Gasteiger partial charge in [-0.2, -0.15) is 0 Å². The highest BCUT2D eigenvalue weighted by atomic mass is 79.9. The van der Waals surface area contributed by atoms with E-state index >= 15 is 0 Å². The first kappa shape index (κ1) is 49.0. The van der Waals surface area contributed by atoms with Crippen LogP contribution in [0, 0.1) is 0 Å². The highest BCUT2D eigenvalue weighted by Gasteiger charge is 2.22. The van der Waals surface area contributed by atoms with Gasteiger partial charge in [0.05, 0.1) is 34.1 Å². The second-order valence-electron chi connectivity index (χ2n) is 14.9. The summed E-state index contributed by atoms with van der Waals surface area (Å²) in [4.78, 5) is 25.1. The molecule has 0 aromatic carbocycles. The van der Waals surface area contributed by atoms with E-state index < -0.39 is 6.29 Å². The van der Waals surface area contributed by atoms with Crippen LogP contribution in [-0.2, 0) is 19.1 Å². The Morgan fingerprint density at radius 2 is 0.771 bits per heavy atom. The Labute approximate surface area is 309 Å².